The topological polar surface area (TPSA) is 97.3 Å². The standard InChI is InChI=1S/C29H30F3N7O2S/c1-18(2)24-5-3-4-6-25(24)35-28(42)37-33-15-19-7-9-20(10-8-19)26-36-27(34-21-16-40-17-21)39(38-26)22-11-13-23(14-12-22)41-29(30,31)32/h3-14,18,21,33H,15-17H2,1-2H3,(H,34,36,38)(H2,35,37,42). The van der Waals surface area contributed by atoms with E-state index in [1.807, 2.05) is 42.5 Å². The highest BCUT2D eigenvalue weighted by Gasteiger charge is 2.31. The molecule has 1 fully saturated rings. The molecule has 220 valence electrons. The third kappa shape index (κ3) is 7.55. The maximum absolute atomic E-state index is 12.6. The molecular weight excluding hydrogens is 567 g/mol. The van der Waals surface area contributed by atoms with Crippen LogP contribution in [-0.2, 0) is 11.3 Å². The summed E-state index contributed by atoms with van der Waals surface area (Å²) in [7, 11) is 0. The number of aromatic nitrogens is 3. The number of ether oxygens (including phenoxy) is 2. The van der Waals surface area contributed by atoms with Crippen LogP contribution in [-0.4, -0.2) is 45.5 Å². The molecule has 1 aliphatic heterocycles. The van der Waals surface area contributed by atoms with Crippen molar-refractivity contribution in [2.45, 2.75) is 38.7 Å². The molecule has 4 aromatic rings. The molecule has 0 bridgehead atoms. The highest BCUT2D eigenvalue weighted by molar-refractivity contribution is 7.80. The molecule has 13 heteroatoms. The Balaban J connectivity index is 1.23. The number of benzene rings is 3. The van der Waals surface area contributed by atoms with Gasteiger partial charge in [-0.25, -0.2) is 5.43 Å². The van der Waals surface area contributed by atoms with Crippen molar-refractivity contribution in [3.8, 4) is 22.8 Å². The Hall–Kier alpha value is -4.20. The molecule has 1 saturated heterocycles. The van der Waals surface area contributed by atoms with Crippen LogP contribution in [0, 0.1) is 0 Å². The fourth-order valence-electron chi connectivity index (χ4n) is 4.26. The summed E-state index contributed by atoms with van der Waals surface area (Å²) in [6.45, 7) is 5.83. The monoisotopic (exact) mass is 597 g/mol. The van der Waals surface area contributed by atoms with Gasteiger partial charge in [-0.05, 0) is 59.6 Å². The summed E-state index contributed by atoms with van der Waals surface area (Å²) >= 11 is 5.44. The maximum Gasteiger partial charge on any atom is 0.573 e. The molecule has 0 aliphatic carbocycles. The third-order valence-corrected chi connectivity index (χ3v) is 6.64. The first kappa shape index (κ1) is 29.3. The number of halogens is 3. The fourth-order valence-corrected chi connectivity index (χ4v) is 4.45. The molecule has 9 nitrogen and oxygen atoms in total. The Morgan fingerprint density at radius 2 is 1.76 bits per heavy atom. The first-order chi connectivity index (χ1) is 20.1. The minimum atomic E-state index is -4.76. The summed E-state index contributed by atoms with van der Waals surface area (Å²) in [6.07, 6.45) is -4.76. The van der Waals surface area contributed by atoms with Crippen molar-refractivity contribution in [2.75, 3.05) is 23.8 Å². The Labute approximate surface area is 246 Å². The molecule has 1 aromatic heterocycles. The van der Waals surface area contributed by atoms with Crippen LogP contribution >= 0.6 is 12.2 Å². The average Bonchev–Trinajstić information content (AvgIpc) is 3.35. The Bertz CT molecular complexity index is 1510. The van der Waals surface area contributed by atoms with E-state index in [1.165, 1.54) is 29.8 Å². The minimum Gasteiger partial charge on any atom is -0.406 e. The van der Waals surface area contributed by atoms with Gasteiger partial charge in [-0.1, -0.05) is 56.3 Å². The zero-order valence-corrected chi connectivity index (χ0v) is 23.7. The van der Waals surface area contributed by atoms with Gasteiger partial charge in [0.25, 0.3) is 0 Å². The number of rotatable bonds is 10. The molecule has 0 spiro atoms. The Morgan fingerprint density at radius 3 is 2.40 bits per heavy atom. The zero-order valence-electron chi connectivity index (χ0n) is 22.9. The number of hydrogen-bond acceptors (Lipinski definition) is 7. The van der Waals surface area contributed by atoms with E-state index in [2.05, 4.69) is 56.2 Å². The summed E-state index contributed by atoms with van der Waals surface area (Å²) in [5.41, 5.74) is 10.6. The van der Waals surface area contributed by atoms with E-state index in [9.17, 15) is 13.2 Å². The molecule has 42 heavy (non-hydrogen) atoms. The number of hydrogen-bond donors (Lipinski definition) is 4. The number of anilines is 2. The Morgan fingerprint density at radius 1 is 1.05 bits per heavy atom. The molecule has 3 aromatic carbocycles. The van der Waals surface area contributed by atoms with Crippen molar-refractivity contribution in [1.29, 1.82) is 0 Å². The van der Waals surface area contributed by atoms with Gasteiger partial charge in [0, 0.05) is 17.8 Å². The lowest BCUT2D eigenvalue weighted by molar-refractivity contribution is -0.274. The molecule has 1 aliphatic rings. The quantitative estimate of drug-likeness (QED) is 0.134. The number of nitrogens with one attached hydrogen (secondary N) is 4. The van der Waals surface area contributed by atoms with Crippen LogP contribution in [0.3, 0.4) is 0 Å². The lowest BCUT2D eigenvalue weighted by Gasteiger charge is -2.27. The van der Waals surface area contributed by atoms with Crippen molar-refractivity contribution >= 4 is 29.0 Å². The molecule has 0 amide bonds. The molecule has 5 rings (SSSR count). The predicted molar refractivity (Wildman–Crippen MR) is 158 cm³/mol. The molecule has 0 radical (unpaired) electrons. The summed E-state index contributed by atoms with van der Waals surface area (Å²) in [5.74, 6) is 0.962. The number of hydrazine groups is 1. The van der Waals surface area contributed by atoms with E-state index in [-0.39, 0.29) is 11.8 Å². The van der Waals surface area contributed by atoms with Gasteiger partial charge in [0.15, 0.2) is 10.9 Å². The van der Waals surface area contributed by atoms with Gasteiger partial charge in [-0.15, -0.1) is 18.3 Å². The van der Waals surface area contributed by atoms with Crippen molar-refractivity contribution < 1.29 is 22.6 Å². The molecular formula is C29H30F3N7O2S. The zero-order chi connectivity index (χ0) is 29.7. The summed E-state index contributed by atoms with van der Waals surface area (Å²) < 4.78 is 48.5. The van der Waals surface area contributed by atoms with Gasteiger partial charge in [0.05, 0.1) is 24.9 Å². The lowest BCUT2D eigenvalue weighted by Crippen LogP contribution is -2.41. The van der Waals surface area contributed by atoms with Gasteiger partial charge in [0.2, 0.25) is 5.95 Å². The van der Waals surface area contributed by atoms with Crippen LogP contribution < -0.4 is 26.2 Å². The number of thiocarbonyl (C=S) groups is 1. The van der Waals surface area contributed by atoms with E-state index >= 15 is 0 Å². The molecule has 0 unspecified atom stereocenters. The number of alkyl halides is 3. The van der Waals surface area contributed by atoms with Gasteiger partial charge >= 0.3 is 6.36 Å². The van der Waals surface area contributed by atoms with E-state index < -0.39 is 6.36 Å². The summed E-state index contributed by atoms with van der Waals surface area (Å²) in [6, 6.07) is 21.3. The van der Waals surface area contributed by atoms with Crippen molar-refractivity contribution in [3.63, 3.8) is 0 Å². The largest absolute Gasteiger partial charge is 0.573 e. The second kappa shape index (κ2) is 12.8. The molecule has 0 saturated carbocycles. The van der Waals surface area contributed by atoms with E-state index in [0.29, 0.717) is 48.2 Å². The van der Waals surface area contributed by atoms with Crippen molar-refractivity contribution in [3.05, 3.63) is 83.9 Å². The van der Waals surface area contributed by atoms with Crippen LogP contribution in [0.15, 0.2) is 72.8 Å². The second-order valence-corrected chi connectivity index (χ2v) is 10.4. The SMILES string of the molecule is CC(C)c1ccccc1NC(=S)NNCc1ccc(-c2nc(NC3COC3)n(-c3ccc(OC(F)(F)F)cc3)n2)cc1. The molecule has 2 heterocycles. The van der Waals surface area contributed by atoms with Crippen LogP contribution in [0.5, 0.6) is 5.75 Å². The number of nitrogens with zero attached hydrogens (tertiary/aromatic N) is 3. The van der Waals surface area contributed by atoms with Crippen LogP contribution in [0.1, 0.15) is 30.9 Å². The van der Waals surface area contributed by atoms with Crippen molar-refractivity contribution in [1.82, 2.24) is 25.6 Å². The van der Waals surface area contributed by atoms with Gasteiger partial charge in [0.1, 0.15) is 5.75 Å². The second-order valence-electron chi connectivity index (χ2n) is 9.96. The van der Waals surface area contributed by atoms with Gasteiger partial charge in [-0.3, -0.25) is 5.43 Å². The van der Waals surface area contributed by atoms with Crippen LogP contribution in [0.25, 0.3) is 17.1 Å². The summed E-state index contributed by atoms with van der Waals surface area (Å²) in [5, 5.41) is 11.6. The third-order valence-electron chi connectivity index (χ3n) is 6.43. The Kier molecular flexibility index (Phi) is 8.90. The van der Waals surface area contributed by atoms with Crippen LogP contribution in [0.4, 0.5) is 24.8 Å². The summed E-state index contributed by atoms with van der Waals surface area (Å²) in [4.78, 5) is 4.66. The first-order valence-electron chi connectivity index (χ1n) is 13.3. The first-order valence-corrected chi connectivity index (χ1v) is 13.7. The van der Waals surface area contributed by atoms with Crippen LogP contribution in [0.2, 0.25) is 0 Å². The maximum atomic E-state index is 12.6. The average molecular weight is 598 g/mol. The highest BCUT2D eigenvalue weighted by atomic mass is 32.1. The predicted octanol–water partition coefficient (Wildman–Crippen LogP) is 5.76. The van der Waals surface area contributed by atoms with Crippen molar-refractivity contribution in [2.24, 2.45) is 0 Å². The lowest BCUT2D eigenvalue weighted by atomic mass is 10.0. The van der Waals surface area contributed by atoms with E-state index in [0.717, 1.165) is 16.8 Å². The molecule has 0 atom stereocenters. The highest BCUT2D eigenvalue weighted by Crippen LogP contribution is 2.27. The van der Waals surface area contributed by atoms with E-state index in [1.54, 1.807) is 4.68 Å². The van der Waals surface area contributed by atoms with E-state index in [4.69, 9.17) is 17.0 Å². The normalized spacial score (nSPS) is 13.5. The fraction of sp³-hybridized carbons (Fsp3) is 0.276. The smallest absolute Gasteiger partial charge is 0.406 e. The van der Waals surface area contributed by atoms with Gasteiger partial charge in [-0.2, -0.15) is 9.67 Å². The minimum absolute atomic E-state index is 0.0639. The van der Waals surface area contributed by atoms with Gasteiger partial charge < -0.3 is 20.1 Å². The number of para-hydroxylation sites is 1. The molecule has 4 N–H and O–H groups in total.